The molecule has 0 aliphatic carbocycles. The number of hydrogen-bond donors (Lipinski definition) is 1. The standard InChI is InChI=1S/C59H57N3O/c1-37-31-42(33-43(32-37)51-34-41(29-30-60-51)38-23-26-44(27-24-38)57(2,3)4)46-21-16-22-52-53(46)61-56(49-35-45(58(5,6)7)36-50(55(49)63)59(8,9)10)62(52)54-47-20-15-14-19-40(47)25-28-48(54)39-17-12-11-13-18-39/h11-36,63H,1-10H3. The Morgan fingerprint density at radius 1 is 0.492 bits per heavy atom. The summed E-state index contributed by atoms with van der Waals surface area (Å²) in [4.78, 5) is 10.6. The number of benzene rings is 7. The fraction of sp³-hybridized carbons (Fsp3) is 0.220. The van der Waals surface area contributed by atoms with Gasteiger partial charge in [0.2, 0.25) is 0 Å². The van der Waals surface area contributed by atoms with Gasteiger partial charge >= 0.3 is 0 Å². The Kier molecular flexibility index (Phi) is 10.3. The number of phenols is 1. The summed E-state index contributed by atoms with van der Waals surface area (Å²) in [5.74, 6) is 0.951. The van der Waals surface area contributed by atoms with Gasteiger partial charge in [-0.15, -0.1) is 0 Å². The second kappa shape index (κ2) is 15.5. The monoisotopic (exact) mass is 823 g/mol. The summed E-state index contributed by atoms with van der Waals surface area (Å²) in [6, 6.07) is 54.3. The molecular weight excluding hydrogens is 767 g/mol. The van der Waals surface area contributed by atoms with Gasteiger partial charge in [0.15, 0.2) is 0 Å². The van der Waals surface area contributed by atoms with Crippen LogP contribution >= 0.6 is 0 Å². The molecule has 0 fully saturated rings. The molecule has 9 rings (SSSR count). The first kappa shape index (κ1) is 41.6. The van der Waals surface area contributed by atoms with Crippen molar-refractivity contribution in [3.8, 4) is 67.5 Å². The van der Waals surface area contributed by atoms with Crippen molar-refractivity contribution in [2.24, 2.45) is 0 Å². The van der Waals surface area contributed by atoms with Crippen molar-refractivity contribution in [1.82, 2.24) is 14.5 Å². The van der Waals surface area contributed by atoms with Gasteiger partial charge in [0.05, 0.1) is 28.0 Å². The molecule has 0 atom stereocenters. The van der Waals surface area contributed by atoms with E-state index in [0.717, 1.165) is 83.3 Å². The van der Waals surface area contributed by atoms with E-state index in [-0.39, 0.29) is 22.0 Å². The van der Waals surface area contributed by atoms with Crippen molar-refractivity contribution in [1.29, 1.82) is 0 Å². The van der Waals surface area contributed by atoms with E-state index in [1.807, 2.05) is 6.20 Å². The summed E-state index contributed by atoms with van der Waals surface area (Å²) >= 11 is 0. The summed E-state index contributed by atoms with van der Waals surface area (Å²) in [7, 11) is 0. The van der Waals surface area contributed by atoms with Crippen LogP contribution in [0.3, 0.4) is 0 Å². The average Bonchev–Trinajstić information content (AvgIpc) is 3.64. The Balaban J connectivity index is 1.32. The highest BCUT2D eigenvalue weighted by atomic mass is 16.3. The summed E-state index contributed by atoms with van der Waals surface area (Å²) in [5.41, 5.74) is 16.1. The molecule has 2 aromatic heterocycles. The van der Waals surface area contributed by atoms with E-state index in [0.29, 0.717) is 11.4 Å². The van der Waals surface area contributed by atoms with E-state index in [2.05, 4.69) is 225 Å². The number of nitrogens with zero attached hydrogens (tertiary/aromatic N) is 3. The summed E-state index contributed by atoms with van der Waals surface area (Å²) in [5, 5.41) is 14.8. The number of phenolic OH excluding ortho intramolecular Hbond substituents is 1. The number of aromatic hydroxyl groups is 1. The molecule has 4 heteroatoms. The largest absolute Gasteiger partial charge is 0.507 e. The zero-order valence-electron chi connectivity index (χ0n) is 38.3. The number of pyridine rings is 1. The second-order valence-electron chi connectivity index (χ2n) is 20.3. The number of fused-ring (bicyclic) bond motifs is 2. The SMILES string of the molecule is Cc1cc(-c2cc(-c3ccc(C(C)(C)C)cc3)ccn2)cc(-c2cccc3c2nc(-c2cc(C(C)(C)C)cc(C(C)(C)C)c2O)n3-c2c(-c3ccccc3)ccc3ccccc23)c1. The zero-order valence-corrected chi connectivity index (χ0v) is 38.3. The highest BCUT2D eigenvalue weighted by molar-refractivity contribution is 6.03. The average molecular weight is 824 g/mol. The maximum absolute atomic E-state index is 12.5. The van der Waals surface area contributed by atoms with Crippen molar-refractivity contribution < 1.29 is 5.11 Å². The van der Waals surface area contributed by atoms with E-state index in [9.17, 15) is 5.11 Å². The molecule has 0 aliphatic heterocycles. The zero-order chi connectivity index (χ0) is 44.4. The number of aromatic nitrogens is 3. The van der Waals surface area contributed by atoms with E-state index < -0.39 is 0 Å². The molecule has 0 saturated carbocycles. The molecule has 0 amide bonds. The number of imidazole rings is 1. The summed E-state index contributed by atoms with van der Waals surface area (Å²) in [6.45, 7) is 22.1. The molecular formula is C59H57N3O. The lowest BCUT2D eigenvalue weighted by molar-refractivity contribution is 0.446. The third-order valence-electron chi connectivity index (χ3n) is 12.4. The third kappa shape index (κ3) is 7.84. The smallest absolute Gasteiger partial charge is 0.149 e. The van der Waals surface area contributed by atoms with Crippen LogP contribution < -0.4 is 0 Å². The predicted molar refractivity (Wildman–Crippen MR) is 266 cm³/mol. The molecule has 0 aliphatic rings. The minimum Gasteiger partial charge on any atom is -0.507 e. The van der Waals surface area contributed by atoms with Crippen LogP contribution in [0.1, 0.15) is 84.6 Å². The Morgan fingerprint density at radius 3 is 1.90 bits per heavy atom. The van der Waals surface area contributed by atoms with Crippen molar-refractivity contribution in [2.45, 2.75) is 85.5 Å². The molecule has 2 heterocycles. The van der Waals surface area contributed by atoms with Crippen LogP contribution in [0.2, 0.25) is 0 Å². The first-order chi connectivity index (χ1) is 30.0. The van der Waals surface area contributed by atoms with E-state index in [1.165, 1.54) is 11.1 Å². The molecule has 314 valence electrons. The fourth-order valence-corrected chi connectivity index (χ4v) is 8.91. The second-order valence-corrected chi connectivity index (χ2v) is 20.3. The number of aryl methyl sites for hydroxylation is 1. The fourth-order valence-electron chi connectivity index (χ4n) is 8.91. The van der Waals surface area contributed by atoms with Crippen molar-refractivity contribution >= 4 is 21.8 Å². The topological polar surface area (TPSA) is 50.9 Å². The van der Waals surface area contributed by atoms with Crippen molar-refractivity contribution in [3.05, 3.63) is 180 Å². The van der Waals surface area contributed by atoms with Gasteiger partial charge in [-0.1, -0.05) is 178 Å². The Bertz CT molecular complexity index is 3170. The molecule has 7 aromatic carbocycles. The minimum atomic E-state index is -0.323. The maximum atomic E-state index is 12.5. The van der Waals surface area contributed by atoms with Crippen LogP contribution in [-0.4, -0.2) is 19.6 Å². The van der Waals surface area contributed by atoms with E-state index >= 15 is 0 Å². The van der Waals surface area contributed by atoms with Crippen LogP contribution in [0.15, 0.2) is 158 Å². The van der Waals surface area contributed by atoms with Gasteiger partial charge in [-0.05, 0) is 104 Å². The Hall–Kier alpha value is -6.78. The first-order valence-corrected chi connectivity index (χ1v) is 22.1. The van der Waals surface area contributed by atoms with Crippen LogP contribution in [0, 0.1) is 6.92 Å². The van der Waals surface area contributed by atoms with Crippen LogP contribution in [0.5, 0.6) is 5.75 Å². The lowest BCUT2D eigenvalue weighted by atomic mass is 9.79. The van der Waals surface area contributed by atoms with E-state index in [1.54, 1.807) is 0 Å². The number of para-hydroxylation sites is 1. The molecule has 0 spiro atoms. The van der Waals surface area contributed by atoms with Crippen LogP contribution in [0.25, 0.3) is 83.5 Å². The van der Waals surface area contributed by atoms with Crippen LogP contribution in [0.4, 0.5) is 0 Å². The molecule has 1 N–H and O–H groups in total. The quantitative estimate of drug-likeness (QED) is 0.182. The lowest BCUT2D eigenvalue weighted by Crippen LogP contribution is -2.17. The van der Waals surface area contributed by atoms with Gasteiger partial charge in [0.25, 0.3) is 0 Å². The van der Waals surface area contributed by atoms with Gasteiger partial charge < -0.3 is 5.11 Å². The lowest BCUT2D eigenvalue weighted by Gasteiger charge is -2.28. The van der Waals surface area contributed by atoms with Gasteiger partial charge in [0.1, 0.15) is 11.6 Å². The van der Waals surface area contributed by atoms with Gasteiger partial charge in [0, 0.05) is 33.8 Å². The van der Waals surface area contributed by atoms with Crippen LogP contribution in [-0.2, 0) is 16.2 Å². The predicted octanol–water partition coefficient (Wildman–Crippen LogP) is 15.8. The molecule has 9 aromatic rings. The third-order valence-corrected chi connectivity index (χ3v) is 12.4. The number of hydrogen-bond acceptors (Lipinski definition) is 3. The summed E-state index contributed by atoms with van der Waals surface area (Å²) < 4.78 is 2.31. The van der Waals surface area contributed by atoms with Gasteiger partial charge in [-0.25, -0.2) is 4.98 Å². The highest BCUT2D eigenvalue weighted by Crippen LogP contribution is 2.46. The molecule has 0 saturated heterocycles. The summed E-state index contributed by atoms with van der Waals surface area (Å²) in [6.07, 6.45) is 1.91. The van der Waals surface area contributed by atoms with Gasteiger partial charge in [-0.2, -0.15) is 0 Å². The highest BCUT2D eigenvalue weighted by Gasteiger charge is 2.30. The maximum Gasteiger partial charge on any atom is 0.149 e. The Morgan fingerprint density at radius 2 is 1.19 bits per heavy atom. The van der Waals surface area contributed by atoms with Gasteiger partial charge in [-0.3, -0.25) is 9.55 Å². The molecule has 0 bridgehead atoms. The minimum absolute atomic E-state index is 0.0879. The Labute approximate surface area is 373 Å². The molecule has 63 heavy (non-hydrogen) atoms. The molecule has 4 nitrogen and oxygen atoms in total. The van der Waals surface area contributed by atoms with Crippen molar-refractivity contribution in [3.63, 3.8) is 0 Å². The van der Waals surface area contributed by atoms with E-state index in [4.69, 9.17) is 9.97 Å². The normalized spacial score (nSPS) is 12.3. The molecule has 0 unspecified atom stereocenters. The molecule has 0 radical (unpaired) electrons. The first-order valence-electron chi connectivity index (χ1n) is 22.1. The number of rotatable bonds is 6. The van der Waals surface area contributed by atoms with Crippen molar-refractivity contribution in [2.75, 3.05) is 0 Å².